The molecule has 1 rings (SSSR count). The van der Waals surface area contributed by atoms with E-state index in [1.165, 1.54) is 32.9 Å². The lowest BCUT2D eigenvalue weighted by atomic mass is 10.0. The number of benzene rings is 1. The first-order valence-electron chi connectivity index (χ1n) is 7.15. The molecule has 0 fully saturated rings. The van der Waals surface area contributed by atoms with Crippen LogP contribution in [0.25, 0.3) is 0 Å². The van der Waals surface area contributed by atoms with E-state index in [4.69, 9.17) is 0 Å². The molecule has 0 aromatic heterocycles. The molecular formula is C16H19F3N2O2. The molecule has 0 aliphatic heterocycles. The van der Waals surface area contributed by atoms with Crippen LogP contribution in [0.2, 0.25) is 0 Å². The zero-order valence-electron chi connectivity index (χ0n) is 13.2. The third-order valence-corrected chi connectivity index (χ3v) is 3.24. The molecule has 0 aliphatic rings. The lowest BCUT2D eigenvalue weighted by Gasteiger charge is -2.13. The number of aliphatic hydroxyl groups excluding tert-OH is 1. The van der Waals surface area contributed by atoms with Crippen LogP contribution in [-0.2, 0) is 11.2 Å². The number of azo groups is 1. The van der Waals surface area contributed by atoms with E-state index in [2.05, 4.69) is 10.2 Å². The maximum Gasteiger partial charge on any atom is 0.248 e. The van der Waals surface area contributed by atoms with Gasteiger partial charge in [-0.1, -0.05) is 13.0 Å². The van der Waals surface area contributed by atoms with Gasteiger partial charge in [0.2, 0.25) is 5.92 Å². The standard InChI is InChI=1S/C16H19F3N2O2/c1-4-16(18,19)8-7-12-5-6-14(13(17)9-12)20-21-15(10(2)22)11(3)23/h5-6,9,22H,4,7-8H2,1-3H3. The molecule has 0 saturated heterocycles. The van der Waals surface area contributed by atoms with Crippen molar-refractivity contribution in [3.63, 3.8) is 0 Å². The summed E-state index contributed by atoms with van der Waals surface area (Å²) in [7, 11) is 0. The number of aryl methyl sites for hydroxylation is 1. The number of rotatable bonds is 7. The highest BCUT2D eigenvalue weighted by Crippen LogP contribution is 2.26. The van der Waals surface area contributed by atoms with E-state index < -0.39 is 17.5 Å². The zero-order chi connectivity index (χ0) is 17.6. The van der Waals surface area contributed by atoms with E-state index in [9.17, 15) is 23.1 Å². The molecule has 23 heavy (non-hydrogen) atoms. The van der Waals surface area contributed by atoms with Gasteiger partial charge in [-0.15, -0.1) is 10.2 Å². The molecule has 1 N–H and O–H groups in total. The number of ketones is 1. The van der Waals surface area contributed by atoms with Crippen molar-refractivity contribution >= 4 is 11.5 Å². The average Bonchev–Trinajstić information content (AvgIpc) is 2.46. The van der Waals surface area contributed by atoms with Gasteiger partial charge < -0.3 is 5.11 Å². The number of nitrogens with zero attached hydrogens (tertiary/aromatic N) is 2. The SMILES string of the molecule is CCC(F)(F)CCc1ccc(N=NC(C(C)=O)=C(C)O)c(F)c1. The molecule has 4 nitrogen and oxygen atoms in total. The van der Waals surface area contributed by atoms with Crippen molar-refractivity contribution < 1.29 is 23.1 Å². The number of carbonyl (C=O) groups is 1. The average molecular weight is 328 g/mol. The highest BCUT2D eigenvalue weighted by molar-refractivity contribution is 5.93. The quantitative estimate of drug-likeness (QED) is 0.421. The van der Waals surface area contributed by atoms with Gasteiger partial charge in [-0.3, -0.25) is 4.79 Å². The first kappa shape index (κ1) is 18.9. The molecule has 0 amide bonds. The number of Topliss-reactive ketones (excluding diaryl/α,β-unsaturated/α-hetero) is 1. The minimum atomic E-state index is -2.77. The fourth-order valence-electron chi connectivity index (χ4n) is 1.79. The fraction of sp³-hybridized carbons (Fsp3) is 0.438. The van der Waals surface area contributed by atoms with Crippen LogP contribution in [0.5, 0.6) is 0 Å². The van der Waals surface area contributed by atoms with Crippen molar-refractivity contribution in [3.05, 3.63) is 41.0 Å². The monoisotopic (exact) mass is 328 g/mol. The molecule has 1 aromatic carbocycles. The first-order chi connectivity index (χ1) is 10.7. The summed E-state index contributed by atoms with van der Waals surface area (Å²) < 4.78 is 40.3. The van der Waals surface area contributed by atoms with Gasteiger partial charge in [0, 0.05) is 19.8 Å². The lowest BCUT2D eigenvalue weighted by Crippen LogP contribution is -2.15. The van der Waals surface area contributed by atoms with Crippen molar-refractivity contribution in [2.24, 2.45) is 10.2 Å². The molecule has 0 atom stereocenters. The largest absolute Gasteiger partial charge is 0.510 e. The Balaban J connectivity index is 2.89. The van der Waals surface area contributed by atoms with Gasteiger partial charge in [-0.25, -0.2) is 13.2 Å². The smallest absolute Gasteiger partial charge is 0.248 e. The van der Waals surface area contributed by atoms with Gasteiger partial charge in [0.05, 0.1) is 0 Å². The van der Waals surface area contributed by atoms with E-state index >= 15 is 0 Å². The summed E-state index contributed by atoms with van der Waals surface area (Å²) >= 11 is 0. The third-order valence-electron chi connectivity index (χ3n) is 3.24. The molecule has 0 heterocycles. The van der Waals surface area contributed by atoms with Crippen LogP contribution in [0, 0.1) is 5.82 Å². The van der Waals surface area contributed by atoms with E-state index in [0.29, 0.717) is 5.56 Å². The predicted molar refractivity (Wildman–Crippen MR) is 80.5 cm³/mol. The number of allylic oxidation sites excluding steroid dienone is 2. The molecule has 7 heteroatoms. The lowest BCUT2D eigenvalue weighted by molar-refractivity contribution is -0.113. The molecule has 0 spiro atoms. The summed E-state index contributed by atoms with van der Waals surface area (Å²) in [6, 6.07) is 3.89. The number of aliphatic hydroxyl groups is 1. The van der Waals surface area contributed by atoms with Crippen LogP contribution in [-0.4, -0.2) is 16.8 Å². The molecule has 126 valence electrons. The predicted octanol–water partition coefficient (Wildman–Crippen LogP) is 5.27. The normalized spacial score (nSPS) is 13.3. The molecule has 0 bridgehead atoms. The van der Waals surface area contributed by atoms with Crippen molar-refractivity contribution in [2.75, 3.05) is 0 Å². The van der Waals surface area contributed by atoms with E-state index in [1.807, 2.05) is 0 Å². The number of hydrogen-bond donors (Lipinski definition) is 1. The Kier molecular flexibility index (Phi) is 6.48. The molecule has 0 aliphatic carbocycles. The van der Waals surface area contributed by atoms with Gasteiger partial charge in [-0.2, -0.15) is 0 Å². The van der Waals surface area contributed by atoms with Crippen LogP contribution in [0.4, 0.5) is 18.9 Å². The summed E-state index contributed by atoms with van der Waals surface area (Å²) in [5.41, 5.74) is 0.0160. The Bertz CT molecular complexity index is 636. The van der Waals surface area contributed by atoms with E-state index in [1.54, 1.807) is 0 Å². The topological polar surface area (TPSA) is 62.0 Å². The summed E-state index contributed by atoms with van der Waals surface area (Å²) in [5.74, 6) is -4.33. The van der Waals surface area contributed by atoms with Gasteiger partial charge >= 0.3 is 0 Å². The van der Waals surface area contributed by atoms with Crippen LogP contribution in [0.3, 0.4) is 0 Å². The van der Waals surface area contributed by atoms with Crippen molar-refractivity contribution in [2.45, 2.75) is 46.0 Å². The minimum absolute atomic E-state index is 0.0452. The van der Waals surface area contributed by atoms with Crippen LogP contribution in [0.1, 0.15) is 39.2 Å². The number of halogens is 3. The maximum absolute atomic E-state index is 13.9. The van der Waals surface area contributed by atoms with Crippen LogP contribution >= 0.6 is 0 Å². The first-order valence-corrected chi connectivity index (χ1v) is 7.15. The number of alkyl halides is 2. The van der Waals surface area contributed by atoms with E-state index in [0.717, 1.165) is 6.07 Å². The number of hydrogen-bond acceptors (Lipinski definition) is 4. The van der Waals surface area contributed by atoms with Gasteiger partial charge in [0.1, 0.15) is 11.4 Å². The number of carbonyl (C=O) groups excluding carboxylic acids is 1. The van der Waals surface area contributed by atoms with E-state index in [-0.39, 0.29) is 36.4 Å². The Hall–Kier alpha value is -2.18. The second-order valence-electron chi connectivity index (χ2n) is 5.19. The Morgan fingerprint density at radius 3 is 2.43 bits per heavy atom. The molecule has 0 saturated carbocycles. The maximum atomic E-state index is 13.9. The summed E-state index contributed by atoms with van der Waals surface area (Å²) in [5, 5.41) is 16.4. The summed E-state index contributed by atoms with van der Waals surface area (Å²) in [6.45, 7) is 3.86. The second kappa shape index (κ2) is 7.89. The van der Waals surface area contributed by atoms with Crippen molar-refractivity contribution in [1.82, 2.24) is 0 Å². The van der Waals surface area contributed by atoms with Gasteiger partial charge in [0.25, 0.3) is 0 Å². The molecule has 0 radical (unpaired) electrons. The fourth-order valence-corrected chi connectivity index (χ4v) is 1.79. The van der Waals surface area contributed by atoms with Crippen molar-refractivity contribution in [1.29, 1.82) is 0 Å². The molecule has 1 aromatic rings. The Morgan fingerprint density at radius 2 is 1.96 bits per heavy atom. The Morgan fingerprint density at radius 1 is 1.30 bits per heavy atom. The van der Waals surface area contributed by atoms with Gasteiger partial charge in [0.15, 0.2) is 17.3 Å². The third kappa shape index (κ3) is 5.84. The van der Waals surface area contributed by atoms with Crippen molar-refractivity contribution in [3.8, 4) is 0 Å². The highest BCUT2D eigenvalue weighted by Gasteiger charge is 2.25. The summed E-state index contributed by atoms with van der Waals surface area (Å²) in [4.78, 5) is 11.2. The van der Waals surface area contributed by atoms with Crippen LogP contribution in [0.15, 0.2) is 39.9 Å². The molecule has 0 unspecified atom stereocenters. The summed E-state index contributed by atoms with van der Waals surface area (Å²) in [6.07, 6.45) is -0.573. The minimum Gasteiger partial charge on any atom is -0.510 e. The molecular weight excluding hydrogens is 309 g/mol. The Labute approximate surface area is 132 Å². The second-order valence-corrected chi connectivity index (χ2v) is 5.19. The zero-order valence-corrected chi connectivity index (χ0v) is 13.2. The van der Waals surface area contributed by atoms with Crippen LogP contribution < -0.4 is 0 Å². The highest BCUT2D eigenvalue weighted by atomic mass is 19.3. The van der Waals surface area contributed by atoms with Gasteiger partial charge in [-0.05, 0) is 31.0 Å².